The Morgan fingerprint density at radius 1 is 1.18 bits per heavy atom. The Morgan fingerprint density at radius 3 is 2.21 bits per heavy atom. The number of aliphatic imine (C=N–C) groups is 1. The van der Waals surface area contributed by atoms with E-state index in [9.17, 15) is 13.2 Å². The number of hydrogen-bond acceptors (Lipinski definition) is 4. The van der Waals surface area contributed by atoms with Crippen molar-refractivity contribution in [3.05, 3.63) is 0 Å². The summed E-state index contributed by atoms with van der Waals surface area (Å²) in [6.07, 6.45) is 4.69. The topological polar surface area (TPSA) is 103 Å². The average Bonchev–Trinajstić information content (AvgIpc) is 2.59. The van der Waals surface area contributed by atoms with Crippen LogP contribution < -0.4 is 15.4 Å². The van der Waals surface area contributed by atoms with Crippen LogP contribution in [0.15, 0.2) is 4.99 Å². The molecule has 0 atom stereocenters. The van der Waals surface area contributed by atoms with Crippen LogP contribution >= 0.6 is 0 Å². The van der Waals surface area contributed by atoms with Gasteiger partial charge in [-0.3, -0.25) is 9.79 Å². The van der Waals surface area contributed by atoms with Gasteiger partial charge in [0.05, 0.1) is 12.8 Å². The molecular formula is C19H39N5O3S. The minimum atomic E-state index is -3.29. The Labute approximate surface area is 171 Å². The van der Waals surface area contributed by atoms with Gasteiger partial charge in [-0.15, -0.1) is 0 Å². The van der Waals surface area contributed by atoms with Gasteiger partial charge >= 0.3 is 0 Å². The first-order valence-corrected chi connectivity index (χ1v) is 12.2. The van der Waals surface area contributed by atoms with E-state index in [2.05, 4.69) is 34.2 Å². The molecule has 1 amide bonds. The van der Waals surface area contributed by atoms with Gasteiger partial charge in [-0.1, -0.05) is 13.8 Å². The summed E-state index contributed by atoms with van der Waals surface area (Å²) in [5, 5.41) is 6.65. The summed E-state index contributed by atoms with van der Waals surface area (Å²) >= 11 is 0. The number of likely N-dealkylation sites (tertiary alicyclic amines) is 1. The Kier molecular flexibility index (Phi) is 9.69. The molecule has 28 heavy (non-hydrogen) atoms. The zero-order valence-corrected chi connectivity index (χ0v) is 19.2. The minimum Gasteiger partial charge on any atom is -0.357 e. The molecule has 0 saturated carbocycles. The normalized spacial score (nSPS) is 17.1. The zero-order chi connectivity index (χ0) is 21.4. The van der Waals surface area contributed by atoms with E-state index in [1.165, 1.54) is 0 Å². The number of rotatable bonds is 9. The maximum Gasteiger partial charge on any atom is 0.225 e. The lowest BCUT2D eigenvalue weighted by atomic mass is 9.98. The summed E-state index contributed by atoms with van der Waals surface area (Å²) in [5.74, 6) is 1.08. The number of piperidine rings is 1. The largest absolute Gasteiger partial charge is 0.357 e. The molecular weight excluding hydrogens is 378 g/mol. The standard InChI is InChI=1S/C19H39N5O3S/c1-7-15(8-2)17(25)24-12-10-16(11-13-24)22-18(20-9-3)21-14-19(4,5)23-28(6,26)27/h15-16,23H,7-14H2,1-6H3,(H2,20,21,22). The summed E-state index contributed by atoms with van der Waals surface area (Å²) in [4.78, 5) is 19.1. The van der Waals surface area contributed by atoms with E-state index in [0.29, 0.717) is 12.5 Å². The number of nitrogens with one attached hydrogen (secondary N) is 3. The molecule has 8 nitrogen and oxygen atoms in total. The summed E-state index contributed by atoms with van der Waals surface area (Å²) < 4.78 is 25.6. The molecule has 1 heterocycles. The van der Waals surface area contributed by atoms with E-state index >= 15 is 0 Å². The maximum atomic E-state index is 12.5. The van der Waals surface area contributed by atoms with Crippen molar-refractivity contribution in [3.8, 4) is 0 Å². The van der Waals surface area contributed by atoms with Crippen LogP contribution in [0.25, 0.3) is 0 Å². The Balaban J connectivity index is 2.63. The van der Waals surface area contributed by atoms with E-state index in [1.807, 2.05) is 25.7 Å². The highest BCUT2D eigenvalue weighted by Gasteiger charge is 2.27. The number of amides is 1. The Morgan fingerprint density at radius 2 is 1.75 bits per heavy atom. The smallest absolute Gasteiger partial charge is 0.225 e. The lowest BCUT2D eigenvalue weighted by Crippen LogP contribution is -2.51. The van der Waals surface area contributed by atoms with Crippen molar-refractivity contribution in [2.75, 3.05) is 32.4 Å². The number of sulfonamides is 1. The molecule has 0 aromatic carbocycles. The second kappa shape index (κ2) is 11.0. The molecule has 1 saturated heterocycles. The highest BCUT2D eigenvalue weighted by Crippen LogP contribution is 2.17. The molecule has 0 radical (unpaired) electrons. The minimum absolute atomic E-state index is 0.132. The van der Waals surface area contributed by atoms with Crippen molar-refractivity contribution in [2.24, 2.45) is 10.9 Å². The highest BCUT2D eigenvalue weighted by molar-refractivity contribution is 7.88. The van der Waals surface area contributed by atoms with Gasteiger partial charge in [-0.2, -0.15) is 0 Å². The molecule has 3 N–H and O–H groups in total. The summed E-state index contributed by atoms with van der Waals surface area (Å²) in [7, 11) is -3.29. The Bertz CT molecular complexity index is 621. The molecule has 1 fully saturated rings. The lowest BCUT2D eigenvalue weighted by Gasteiger charge is -2.35. The van der Waals surface area contributed by atoms with Crippen molar-refractivity contribution in [3.63, 3.8) is 0 Å². The van der Waals surface area contributed by atoms with Gasteiger partial charge in [-0.05, 0) is 46.5 Å². The van der Waals surface area contributed by atoms with Gasteiger partial charge in [0.25, 0.3) is 0 Å². The molecule has 1 aliphatic heterocycles. The summed E-state index contributed by atoms with van der Waals surface area (Å²) in [6.45, 7) is 12.3. The molecule has 1 rings (SSSR count). The third-order valence-electron chi connectivity index (χ3n) is 4.92. The van der Waals surface area contributed by atoms with Gasteiger partial charge < -0.3 is 15.5 Å². The first-order valence-electron chi connectivity index (χ1n) is 10.3. The molecule has 0 bridgehead atoms. The van der Waals surface area contributed by atoms with Crippen LogP contribution in [0.5, 0.6) is 0 Å². The number of nitrogens with zero attached hydrogens (tertiary/aromatic N) is 2. The second-order valence-corrected chi connectivity index (χ2v) is 9.96. The zero-order valence-electron chi connectivity index (χ0n) is 18.3. The third kappa shape index (κ3) is 8.77. The predicted molar refractivity (Wildman–Crippen MR) is 115 cm³/mol. The van der Waals surface area contributed by atoms with Crippen LogP contribution in [0.4, 0.5) is 0 Å². The number of carbonyl (C=O) groups excluding carboxylic acids is 1. The monoisotopic (exact) mass is 417 g/mol. The molecule has 9 heteroatoms. The summed E-state index contributed by atoms with van der Waals surface area (Å²) in [6, 6.07) is 0.245. The fourth-order valence-corrected chi connectivity index (χ4v) is 4.53. The van der Waals surface area contributed by atoms with E-state index < -0.39 is 15.6 Å². The van der Waals surface area contributed by atoms with Gasteiger partial charge in [-0.25, -0.2) is 13.1 Å². The van der Waals surface area contributed by atoms with Gasteiger partial charge in [0.15, 0.2) is 5.96 Å². The van der Waals surface area contributed by atoms with E-state index in [4.69, 9.17) is 0 Å². The van der Waals surface area contributed by atoms with Crippen molar-refractivity contribution < 1.29 is 13.2 Å². The van der Waals surface area contributed by atoms with Crippen molar-refractivity contribution in [1.82, 2.24) is 20.3 Å². The van der Waals surface area contributed by atoms with Crippen LogP contribution in [0.2, 0.25) is 0 Å². The van der Waals surface area contributed by atoms with Crippen LogP contribution in [-0.2, 0) is 14.8 Å². The van der Waals surface area contributed by atoms with Gasteiger partial charge in [0.2, 0.25) is 15.9 Å². The van der Waals surface area contributed by atoms with Crippen LogP contribution in [0.3, 0.4) is 0 Å². The molecule has 0 unspecified atom stereocenters. The SMILES string of the molecule is CCNC(=NCC(C)(C)NS(C)(=O)=O)NC1CCN(C(=O)C(CC)CC)CC1. The van der Waals surface area contributed by atoms with Crippen molar-refractivity contribution in [2.45, 2.75) is 71.9 Å². The van der Waals surface area contributed by atoms with Crippen molar-refractivity contribution >= 4 is 21.9 Å². The maximum absolute atomic E-state index is 12.5. The van der Waals surface area contributed by atoms with Crippen LogP contribution in [0.1, 0.15) is 60.3 Å². The van der Waals surface area contributed by atoms with E-state index in [1.54, 1.807) is 0 Å². The summed E-state index contributed by atoms with van der Waals surface area (Å²) in [5.41, 5.74) is -0.666. The molecule has 0 aromatic rings. The van der Waals surface area contributed by atoms with Gasteiger partial charge in [0.1, 0.15) is 0 Å². The van der Waals surface area contributed by atoms with Crippen LogP contribution in [0, 0.1) is 5.92 Å². The molecule has 0 aliphatic carbocycles. The lowest BCUT2D eigenvalue weighted by molar-refractivity contribution is -0.136. The van der Waals surface area contributed by atoms with E-state index in [0.717, 1.165) is 51.6 Å². The van der Waals surface area contributed by atoms with Crippen LogP contribution in [-0.4, -0.2) is 69.2 Å². The third-order valence-corrected chi connectivity index (χ3v) is 5.84. The molecule has 0 spiro atoms. The van der Waals surface area contributed by atoms with Crippen molar-refractivity contribution in [1.29, 1.82) is 0 Å². The fraction of sp³-hybridized carbons (Fsp3) is 0.895. The quantitative estimate of drug-likeness (QED) is 0.388. The highest BCUT2D eigenvalue weighted by atomic mass is 32.2. The molecule has 0 aromatic heterocycles. The second-order valence-electron chi connectivity index (χ2n) is 8.21. The predicted octanol–water partition coefficient (Wildman–Crippen LogP) is 1.30. The average molecular weight is 418 g/mol. The number of carbonyl (C=O) groups is 1. The molecule has 1 aliphatic rings. The first kappa shape index (κ1) is 24.7. The first-order chi connectivity index (χ1) is 13.0. The van der Waals surface area contributed by atoms with Gasteiger partial charge in [0, 0.05) is 37.1 Å². The van der Waals surface area contributed by atoms with E-state index in [-0.39, 0.29) is 17.9 Å². The number of guanidine groups is 1. The number of hydrogen-bond donors (Lipinski definition) is 3. The fourth-order valence-electron chi connectivity index (χ4n) is 3.46. The Hall–Kier alpha value is -1.35. The molecule has 164 valence electrons.